The molecular formula is C25H24FNO3. The summed E-state index contributed by atoms with van der Waals surface area (Å²) in [6.07, 6.45) is 0.738. The summed E-state index contributed by atoms with van der Waals surface area (Å²) >= 11 is 0. The summed E-state index contributed by atoms with van der Waals surface area (Å²) in [5.74, 6) is -0.927. The molecule has 0 saturated carbocycles. The lowest BCUT2D eigenvalue weighted by Gasteiger charge is -2.18. The summed E-state index contributed by atoms with van der Waals surface area (Å²) in [7, 11) is 0. The van der Waals surface area contributed by atoms with Gasteiger partial charge in [-0.2, -0.15) is 0 Å². The van der Waals surface area contributed by atoms with Crippen LogP contribution < -0.4 is 10.1 Å². The van der Waals surface area contributed by atoms with Crippen molar-refractivity contribution in [2.24, 2.45) is 0 Å². The van der Waals surface area contributed by atoms with Gasteiger partial charge in [0.1, 0.15) is 11.6 Å². The minimum Gasteiger partial charge on any atom is -0.484 e. The van der Waals surface area contributed by atoms with E-state index in [1.54, 1.807) is 0 Å². The first kappa shape index (κ1) is 21.2. The summed E-state index contributed by atoms with van der Waals surface area (Å²) < 4.78 is 19.2. The Bertz CT molecular complexity index is 950. The SMILES string of the molecule is CC(=O)c1ccc(OCC(=O)NCCC(c2ccccc2)c2ccccc2)cc1F. The van der Waals surface area contributed by atoms with Crippen molar-refractivity contribution in [1.82, 2.24) is 5.32 Å². The second kappa shape index (κ2) is 10.3. The average molecular weight is 405 g/mol. The third kappa shape index (κ3) is 5.77. The topological polar surface area (TPSA) is 55.4 Å². The summed E-state index contributed by atoms with van der Waals surface area (Å²) in [5, 5.41) is 2.86. The standard InChI is InChI=1S/C25H24FNO3/c1-18(28)22-13-12-21(16-24(22)26)30-17-25(29)27-15-14-23(19-8-4-2-5-9-19)20-10-6-3-7-11-20/h2-13,16,23H,14-15,17H2,1H3,(H,27,29). The molecule has 0 heterocycles. The molecule has 1 N–H and O–H groups in total. The second-order valence-corrected chi connectivity index (χ2v) is 7.00. The quantitative estimate of drug-likeness (QED) is 0.523. The van der Waals surface area contributed by atoms with Gasteiger partial charge in [0.2, 0.25) is 0 Å². The maximum Gasteiger partial charge on any atom is 0.257 e. The van der Waals surface area contributed by atoms with E-state index in [9.17, 15) is 14.0 Å². The highest BCUT2D eigenvalue weighted by atomic mass is 19.1. The maximum absolute atomic E-state index is 13.8. The van der Waals surface area contributed by atoms with E-state index >= 15 is 0 Å². The molecule has 0 aromatic heterocycles. The number of benzene rings is 3. The third-order valence-electron chi connectivity index (χ3n) is 4.85. The predicted octanol–water partition coefficient (Wildman–Crippen LogP) is 4.75. The van der Waals surface area contributed by atoms with Crippen molar-refractivity contribution < 1.29 is 18.7 Å². The maximum atomic E-state index is 13.8. The van der Waals surface area contributed by atoms with E-state index in [1.165, 1.54) is 30.2 Å². The molecule has 1 amide bonds. The minimum atomic E-state index is -0.658. The number of ether oxygens (including phenoxy) is 1. The molecule has 0 aliphatic carbocycles. The van der Waals surface area contributed by atoms with Crippen LogP contribution in [0.4, 0.5) is 4.39 Å². The molecule has 0 unspecified atom stereocenters. The van der Waals surface area contributed by atoms with Crippen molar-refractivity contribution in [1.29, 1.82) is 0 Å². The first-order valence-corrected chi connectivity index (χ1v) is 9.84. The Morgan fingerprint density at radius 3 is 2.07 bits per heavy atom. The fourth-order valence-corrected chi connectivity index (χ4v) is 3.32. The molecule has 0 aliphatic heterocycles. The van der Waals surface area contributed by atoms with Crippen LogP contribution in [0.15, 0.2) is 78.9 Å². The van der Waals surface area contributed by atoms with Gasteiger partial charge in [-0.05, 0) is 36.6 Å². The Balaban J connectivity index is 1.53. The Kier molecular flexibility index (Phi) is 7.33. The molecule has 4 nitrogen and oxygen atoms in total. The van der Waals surface area contributed by atoms with Crippen LogP contribution in [0.1, 0.15) is 40.7 Å². The highest BCUT2D eigenvalue weighted by Crippen LogP contribution is 2.27. The van der Waals surface area contributed by atoms with Crippen LogP contribution in [0, 0.1) is 5.82 Å². The molecule has 0 bridgehead atoms. The number of rotatable bonds is 9. The second-order valence-electron chi connectivity index (χ2n) is 7.00. The molecular weight excluding hydrogens is 381 g/mol. The predicted molar refractivity (Wildman–Crippen MR) is 114 cm³/mol. The van der Waals surface area contributed by atoms with Crippen molar-refractivity contribution in [2.75, 3.05) is 13.2 Å². The number of nitrogens with one attached hydrogen (secondary N) is 1. The van der Waals surface area contributed by atoms with Gasteiger partial charge in [-0.15, -0.1) is 0 Å². The molecule has 30 heavy (non-hydrogen) atoms. The molecule has 0 saturated heterocycles. The Labute approximate surface area is 175 Å². The van der Waals surface area contributed by atoms with Crippen molar-refractivity contribution >= 4 is 11.7 Å². The zero-order chi connectivity index (χ0) is 21.3. The lowest BCUT2D eigenvalue weighted by Crippen LogP contribution is -2.30. The Morgan fingerprint density at radius 2 is 1.53 bits per heavy atom. The molecule has 0 fully saturated rings. The molecule has 0 atom stereocenters. The van der Waals surface area contributed by atoms with Crippen LogP contribution >= 0.6 is 0 Å². The van der Waals surface area contributed by atoms with Gasteiger partial charge in [-0.1, -0.05) is 60.7 Å². The van der Waals surface area contributed by atoms with Crippen LogP contribution in [0.3, 0.4) is 0 Å². The van der Waals surface area contributed by atoms with Crippen LogP contribution in [-0.4, -0.2) is 24.8 Å². The Morgan fingerprint density at radius 1 is 0.933 bits per heavy atom. The highest BCUT2D eigenvalue weighted by Gasteiger charge is 2.14. The average Bonchev–Trinajstić information content (AvgIpc) is 2.76. The molecule has 0 aliphatic rings. The first-order chi connectivity index (χ1) is 14.5. The summed E-state index contributed by atoms with van der Waals surface area (Å²) in [5.41, 5.74) is 2.38. The van der Waals surface area contributed by atoms with Crippen LogP contribution in [0.2, 0.25) is 0 Å². The molecule has 154 valence electrons. The molecule has 5 heteroatoms. The summed E-state index contributed by atoms with van der Waals surface area (Å²) in [6.45, 7) is 1.55. The lowest BCUT2D eigenvalue weighted by molar-refractivity contribution is -0.123. The number of ketones is 1. The van der Waals surface area contributed by atoms with Crippen LogP contribution in [0.5, 0.6) is 5.75 Å². The molecule has 3 aromatic rings. The number of halogens is 1. The number of amides is 1. The molecule has 3 aromatic carbocycles. The van der Waals surface area contributed by atoms with Gasteiger partial charge in [0.15, 0.2) is 12.4 Å². The zero-order valence-electron chi connectivity index (χ0n) is 16.8. The van der Waals surface area contributed by atoms with Gasteiger partial charge < -0.3 is 10.1 Å². The number of carbonyl (C=O) groups is 2. The normalized spacial score (nSPS) is 10.6. The summed E-state index contributed by atoms with van der Waals surface area (Å²) in [4.78, 5) is 23.4. The van der Waals surface area contributed by atoms with E-state index in [0.717, 1.165) is 12.5 Å². The lowest BCUT2D eigenvalue weighted by atomic mass is 9.88. The molecule has 3 rings (SSSR count). The van der Waals surface area contributed by atoms with Crippen molar-refractivity contribution in [2.45, 2.75) is 19.3 Å². The molecule has 0 spiro atoms. The van der Waals surface area contributed by atoms with Gasteiger partial charge in [0.05, 0.1) is 5.56 Å². The fraction of sp³-hybridized carbons (Fsp3) is 0.200. The van der Waals surface area contributed by atoms with Crippen molar-refractivity contribution in [3.05, 3.63) is 101 Å². The largest absolute Gasteiger partial charge is 0.484 e. The fourth-order valence-electron chi connectivity index (χ4n) is 3.32. The number of hydrogen-bond donors (Lipinski definition) is 1. The first-order valence-electron chi connectivity index (χ1n) is 9.84. The van der Waals surface area contributed by atoms with Crippen LogP contribution in [-0.2, 0) is 4.79 Å². The smallest absolute Gasteiger partial charge is 0.257 e. The van der Waals surface area contributed by atoms with Crippen molar-refractivity contribution in [3.63, 3.8) is 0 Å². The van der Waals surface area contributed by atoms with Gasteiger partial charge in [-0.3, -0.25) is 9.59 Å². The summed E-state index contributed by atoms with van der Waals surface area (Å²) in [6, 6.07) is 24.3. The highest BCUT2D eigenvalue weighted by molar-refractivity contribution is 5.94. The van der Waals surface area contributed by atoms with Gasteiger partial charge >= 0.3 is 0 Å². The molecule has 0 radical (unpaired) electrons. The van der Waals surface area contributed by atoms with Gasteiger partial charge in [0.25, 0.3) is 5.91 Å². The van der Waals surface area contributed by atoms with Crippen molar-refractivity contribution in [3.8, 4) is 5.75 Å². The number of hydrogen-bond acceptors (Lipinski definition) is 3. The van der Waals surface area contributed by atoms with E-state index in [4.69, 9.17) is 4.74 Å². The van der Waals surface area contributed by atoms with E-state index in [-0.39, 0.29) is 35.5 Å². The van der Waals surface area contributed by atoms with E-state index in [2.05, 4.69) is 29.6 Å². The third-order valence-corrected chi connectivity index (χ3v) is 4.85. The Hall–Kier alpha value is -3.47. The van der Waals surface area contributed by atoms with Crippen LogP contribution in [0.25, 0.3) is 0 Å². The van der Waals surface area contributed by atoms with Gasteiger partial charge in [-0.25, -0.2) is 4.39 Å². The number of Topliss-reactive ketones (excluding diaryl/α,β-unsaturated/α-hetero) is 1. The van der Waals surface area contributed by atoms with E-state index in [1.807, 2.05) is 36.4 Å². The van der Waals surface area contributed by atoms with E-state index < -0.39 is 5.82 Å². The zero-order valence-corrected chi connectivity index (χ0v) is 16.8. The van der Waals surface area contributed by atoms with E-state index in [0.29, 0.717) is 6.54 Å². The minimum absolute atomic E-state index is 0.000308. The van der Waals surface area contributed by atoms with Gasteiger partial charge in [0, 0.05) is 18.5 Å². The monoisotopic (exact) mass is 405 g/mol. The number of carbonyl (C=O) groups excluding carboxylic acids is 2.